The van der Waals surface area contributed by atoms with Crippen LogP contribution in [0.2, 0.25) is 0 Å². The van der Waals surface area contributed by atoms with Crippen LogP contribution >= 0.6 is 0 Å². The van der Waals surface area contributed by atoms with Crippen LogP contribution in [0.15, 0.2) is 24.3 Å². The fourth-order valence-corrected chi connectivity index (χ4v) is 3.33. The number of carboxylic acid groups (broad SMARTS) is 1. The molecule has 0 unspecified atom stereocenters. The van der Waals surface area contributed by atoms with Gasteiger partial charge in [0.15, 0.2) is 0 Å². The highest BCUT2D eigenvalue weighted by molar-refractivity contribution is 5.69. The number of nitrogens with zero attached hydrogens (tertiary/aromatic N) is 2. The van der Waals surface area contributed by atoms with Crippen molar-refractivity contribution in [1.29, 1.82) is 0 Å². The van der Waals surface area contributed by atoms with Gasteiger partial charge in [0.1, 0.15) is 12.4 Å². The Morgan fingerprint density at radius 3 is 2.71 bits per heavy atom. The second-order valence-electron chi connectivity index (χ2n) is 6.38. The van der Waals surface area contributed by atoms with E-state index in [1.165, 1.54) is 5.56 Å². The molecule has 134 valence electrons. The van der Waals surface area contributed by atoms with Gasteiger partial charge in [-0.2, -0.15) is 0 Å². The molecule has 2 rings (SSSR count). The molecule has 0 radical (unpaired) electrons. The first kappa shape index (κ1) is 18.7. The number of likely N-dealkylation sites (tertiary alicyclic amines) is 1. The van der Waals surface area contributed by atoms with Gasteiger partial charge in [-0.1, -0.05) is 26.0 Å². The van der Waals surface area contributed by atoms with E-state index in [1.54, 1.807) is 0 Å². The first-order chi connectivity index (χ1) is 11.6. The molecule has 24 heavy (non-hydrogen) atoms. The maximum absolute atomic E-state index is 10.9. The first-order valence-electron chi connectivity index (χ1n) is 9.02. The number of ether oxygens (including phenoxy) is 1. The van der Waals surface area contributed by atoms with Gasteiger partial charge in [0, 0.05) is 12.6 Å². The topological polar surface area (TPSA) is 53.0 Å². The van der Waals surface area contributed by atoms with Crippen LogP contribution in [0.3, 0.4) is 0 Å². The Labute approximate surface area is 145 Å². The molecule has 0 saturated carbocycles. The van der Waals surface area contributed by atoms with Crippen molar-refractivity contribution in [2.24, 2.45) is 0 Å². The Balaban J connectivity index is 1.70. The summed E-state index contributed by atoms with van der Waals surface area (Å²) in [5, 5.41) is 8.99. The SMILES string of the molecule is CCc1cccc(OCCN2CCC(N(CC)CC(=O)O)CC2)c1. The number of hydrogen-bond acceptors (Lipinski definition) is 4. The highest BCUT2D eigenvalue weighted by Gasteiger charge is 2.24. The minimum atomic E-state index is -0.734. The zero-order chi connectivity index (χ0) is 17.4. The number of carbonyl (C=O) groups is 1. The molecule has 1 aromatic carbocycles. The van der Waals surface area contributed by atoms with E-state index in [-0.39, 0.29) is 6.54 Å². The molecule has 1 N–H and O–H groups in total. The average molecular weight is 334 g/mol. The third-order valence-electron chi connectivity index (χ3n) is 4.80. The molecule has 1 aromatic rings. The van der Waals surface area contributed by atoms with Crippen LogP contribution in [0.4, 0.5) is 0 Å². The predicted molar refractivity (Wildman–Crippen MR) is 95.7 cm³/mol. The van der Waals surface area contributed by atoms with Crippen molar-refractivity contribution in [3.63, 3.8) is 0 Å². The molecular weight excluding hydrogens is 304 g/mol. The number of benzene rings is 1. The highest BCUT2D eigenvalue weighted by Crippen LogP contribution is 2.17. The van der Waals surface area contributed by atoms with Crippen LogP contribution < -0.4 is 4.74 Å². The van der Waals surface area contributed by atoms with Crippen molar-refractivity contribution in [1.82, 2.24) is 9.80 Å². The van der Waals surface area contributed by atoms with Crippen molar-refractivity contribution in [3.05, 3.63) is 29.8 Å². The molecular formula is C19H30N2O3. The lowest BCUT2D eigenvalue weighted by Gasteiger charge is -2.37. The van der Waals surface area contributed by atoms with E-state index in [0.29, 0.717) is 12.6 Å². The fourth-order valence-electron chi connectivity index (χ4n) is 3.33. The lowest BCUT2D eigenvalue weighted by atomic mass is 10.0. The minimum Gasteiger partial charge on any atom is -0.492 e. The van der Waals surface area contributed by atoms with Gasteiger partial charge in [-0.05, 0) is 56.6 Å². The molecule has 0 aliphatic carbocycles. The molecule has 0 bridgehead atoms. The van der Waals surface area contributed by atoms with E-state index in [4.69, 9.17) is 9.84 Å². The quantitative estimate of drug-likeness (QED) is 0.752. The summed E-state index contributed by atoms with van der Waals surface area (Å²) in [5.74, 6) is 0.213. The average Bonchev–Trinajstić information content (AvgIpc) is 2.60. The van der Waals surface area contributed by atoms with E-state index in [1.807, 2.05) is 19.1 Å². The molecule has 0 atom stereocenters. The first-order valence-corrected chi connectivity index (χ1v) is 9.02. The molecule has 5 nitrogen and oxygen atoms in total. The van der Waals surface area contributed by atoms with Crippen LogP contribution in [0.1, 0.15) is 32.3 Å². The molecule has 1 saturated heterocycles. The summed E-state index contributed by atoms with van der Waals surface area (Å²) in [5.41, 5.74) is 1.30. The summed E-state index contributed by atoms with van der Waals surface area (Å²) in [6, 6.07) is 8.67. The van der Waals surface area contributed by atoms with Gasteiger partial charge >= 0.3 is 5.97 Å². The van der Waals surface area contributed by atoms with Crippen LogP contribution in [0, 0.1) is 0 Å². The van der Waals surface area contributed by atoms with E-state index in [0.717, 1.165) is 51.2 Å². The monoisotopic (exact) mass is 334 g/mol. The number of rotatable bonds is 9. The van der Waals surface area contributed by atoms with Crippen molar-refractivity contribution in [2.45, 2.75) is 39.2 Å². The number of aliphatic carboxylic acids is 1. The molecule has 1 heterocycles. The summed E-state index contributed by atoms with van der Waals surface area (Å²) in [6.45, 7) is 8.78. The number of carboxylic acids is 1. The molecule has 1 aliphatic heterocycles. The molecule has 1 aliphatic rings. The van der Waals surface area contributed by atoms with Crippen molar-refractivity contribution >= 4 is 5.97 Å². The van der Waals surface area contributed by atoms with E-state index in [2.05, 4.69) is 28.9 Å². The largest absolute Gasteiger partial charge is 0.492 e. The second-order valence-corrected chi connectivity index (χ2v) is 6.38. The smallest absolute Gasteiger partial charge is 0.317 e. The third kappa shape index (κ3) is 5.80. The summed E-state index contributed by atoms with van der Waals surface area (Å²) < 4.78 is 5.87. The molecule has 0 aromatic heterocycles. The Kier molecular flexibility index (Phi) is 7.53. The van der Waals surface area contributed by atoms with Crippen LogP contribution in [0.25, 0.3) is 0 Å². The van der Waals surface area contributed by atoms with Gasteiger partial charge < -0.3 is 9.84 Å². The van der Waals surface area contributed by atoms with E-state index < -0.39 is 5.97 Å². The van der Waals surface area contributed by atoms with E-state index >= 15 is 0 Å². The van der Waals surface area contributed by atoms with E-state index in [9.17, 15) is 4.79 Å². The molecule has 0 amide bonds. The van der Waals surface area contributed by atoms with Gasteiger partial charge in [0.25, 0.3) is 0 Å². The fraction of sp³-hybridized carbons (Fsp3) is 0.632. The summed E-state index contributed by atoms with van der Waals surface area (Å²) >= 11 is 0. The van der Waals surface area contributed by atoms with Gasteiger partial charge in [-0.15, -0.1) is 0 Å². The lowest BCUT2D eigenvalue weighted by molar-refractivity contribution is -0.139. The van der Waals surface area contributed by atoms with Crippen LogP contribution in [-0.2, 0) is 11.2 Å². The summed E-state index contributed by atoms with van der Waals surface area (Å²) in [7, 11) is 0. The highest BCUT2D eigenvalue weighted by atomic mass is 16.5. The predicted octanol–water partition coefficient (Wildman–Crippen LogP) is 2.50. The Morgan fingerprint density at radius 2 is 2.08 bits per heavy atom. The van der Waals surface area contributed by atoms with Crippen molar-refractivity contribution in [2.75, 3.05) is 39.3 Å². The number of piperidine rings is 1. The number of likely N-dealkylation sites (N-methyl/N-ethyl adjacent to an activating group) is 1. The molecule has 0 spiro atoms. The lowest BCUT2D eigenvalue weighted by Crippen LogP contribution is -2.47. The Hall–Kier alpha value is -1.59. The maximum Gasteiger partial charge on any atom is 0.317 e. The van der Waals surface area contributed by atoms with Gasteiger partial charge in [0.2, 0.25) is 0 Å². The zero-order valence-corrected chi connectivity index (χ0v) is 14.9. The number of hydrogen-bond donors (Lipinski definition) is 1. The Morgan fingerprint density at radius 1 is 1.33 bits per heavy atom. The summed E-state index contributed by atoms with van der Waals surface area (Å²) in [6.07, 6.45) is 3.09. The van der Waals surface area contributed by atoms with Crippen molar-refractivity contribution < 1.29 is 14.6 Å². The van der Waals surface area contributed by atoms with Gasteiger partial charge in [-0.3, -0.25) is 14.6 Å². The number of aryl methyl sites for hydroxylation is 1. The van der Waals surface area contributed by atoms with Gasteiger partial charge in [-0.25, -0.2) is 0 Å². The maximum atomic E-state index is 10.9. The zero-order valence-electron chi connectivity index (χ0n) is 14.9. The molecule has 5 heteroatoms. The molecule has 1 fully saturated rings. The second kappa shape index (κ2) is 9.64. The summed E-state index contributed by atoms with van der Waals surface area (Å²) in [4.78, 5) is 15.4. The van der Waals surface area contributed by atoms with Crippen molar-refractivity contribution in [3.8, 4) is 5.75 Å². The standard InChI is InChI=1S/C19H30N2O3/c1-3-16-6-5-7-18(14-16)24-13-12-20-10-8-17(9-11-20)21(4-2)15-19(22)23/h5-7,14,17H,3-4,8-13,15H2,1-2H3,(H,22,23). The minimum absolute atomic E-state index is 0.151. The van der Waals surface area contributed by atoms with Gasteiger partial charge in [0.05, 0.1) is 6.54 Å². The Bertz CT molecular complexity index is 513. The third-order valence-corrected chi connectivity index (χ3v) is 4.80. The normalized spacial score (nSPS) is 16.5. The van der Waals surface area contributed by atoms with Crippen LogP contribution in [-0.4, -0.2) is 66.2 Å². The van der Waals surface area contributed by atoms with Crippen LogP contribution in [0.5, 0.6) is 5.75 Å².